The zero-order valence-corrected chi connectivity index (χ0v) is 18.9. The third-order valence-electron chi connectivity index (χ3n) is 6.12. The molecule has 1 aliphatic heterocycles. The third kappa shape index (κ3) is 4.04. The summed E-state index contributed by atoms with van der Waals surface area (Å²) in [5.41, 5.74) is 1.08. The molecule has 0 aromatic heterocycles. The van der Waals surface area contributed by atoms with Gasteiger partial charge in [0.15, 0.2) is 14.4 Å². The van der Waals surface area contributed by atoms with Crippen molar-refractivity contribution in [1.82, 2.24) is 4.90 Å². The smallest absolute Gasteiger partial charge is 0.261 e. The summed E-state index contributed by atoms with van der Waals surface area (Å²) in [5.74, 6) is -0.522. The predicted octanol–water partition coefficient (Wildman–Crippen LogP) is 4.95. The highest BCUT2D eigenvalue weighted by atomic mass is 28.4. The number of methoxy groups -OCH3 is 1. The zero-order chi connectivity index (χ0) is 21.9. The molecule has 5 nitrogen and oxygen atoms in total. The van der Waals surface area contributed by atoms with E-state index in [9.17, 15) is 14.0 Å². The van der Waals surface area contributed by atoms with Crippen LogP contribution in [0.5, 0.6) is 5.75 Å². The number of carbonyl (C=O) groups is 2. The largest absolute Gasteiger partial charge is 0.497 e. The van der Waals surface area contributed by atoms with E-state index < -0.39 is 32.2 Å². The van der Waals surface area contributed by atoms with E-state index in [2.05, 4.69) is 20.8 Å². The van der Waals surface area contributed by atoms with E-state index in [1.165, 1.54) is 29.2 Å². The van der Waals surface area contributed by atoms with Crippen molar-refractivity contribution in [1.29, 1.82) is 0 Å². The van der Waals surface area contributed by atoms with Crippen molar-refractivity contribution < 1.29 is 23.1 Å². The van der Waals surface area contributed by atoms with Gasteiger partial charge in [0.1, 0.15) is 11.6 Å². The Morgan fingerprint density at radius 1 is 1.00 bits per heavy atom. The molecule has 2 aromatic rings. The summed E-state index contributed by atoms with van der Waals surface area (Å²) in [6, 6.07) is 14.8. The molecule has 0 aliphatic carbocycles. The monoisotopic (exact) mass is 429 g/mol. The van der Waals surface area contributed by atoms with Crippen LogP contribution in [0.25, 0.3) is 0 Å². The van der Waals surface area contributed by atoms with Crippen molar-refractivity contribution in [3.8, 4) is 5.75 Å². The van der Waals surface area contributed by atoms with Gasteiger partial charge in [-0.25, -0.2) is 4.39 Å². The Labute approximate surface area is 177 Å². The molecule has 1 saturated heterocycles. The SMILES string of the molecule is CC[Si](CC)(CC)OC1C(=O)N(C(=O)c2ccc(F)cc2)C1c1ccc(OC)cc1. The van der Waals surface area contributed by atoms with Gasteiger partial charge in [0.2, 0.25) is 0 Å². The fourth-order valence-corrected chi connectivity index (χ4v) is 6.70. The molecule has 2 aromatic carbocycles. The van der Waals surface area contributed by atoms with Crippen LogP contribution in [0.4, 0.5) is 4.39 Å². The van der Waals surface area contributed by atoms with Crippen LogP contribution in [-0.2, 0) is 9.22 Å². The number of ether oxygens (including phenoxy) is 1. The Kier molecular flexibility index (Phi) is 6.73. The van der Waals surface area contributed by atoms with Gasteiger partial charge in [-0.2, -0.15) is 0 Å². The molecule has 1 aliphatic rings. The zero-order valence-electron chi connectivity index (χ0n) is 17.9. The highest BCUT2D eigenvalue weighted by Crippen LogP contribution is 2.41. The molecule has 2 atom stereocenters. The Morgan fingerprint density at radius 2 is 1.57 bits per heavy atom. The van der Waals surface area contributed by atoms with Gasteiger partial charge in [0.25, 0.3) is 11.8 Å². The van der Waals surface area contributed by atoms with E-state index in [-0.39, 0.29) is 11.5 Å². The van der Waals surface area contributed by atoms with E-state index in [0.717, 1.165) is 23.7 Å². The molecule has 0 N–H and O–H groups in total. The van der Waals surface area contributed by atoms with E-state index >= 15 is 0 Å². The predicted molar refractivity (Wildman–Crippen MR) is 115 cm³/mol. The van der Waals surface area contributed by atoms with Gasteiger partial charge in [0, 0.05) is 5.56 Å². The van der Waals surface area contributed by atoms with Crippen LogP contribution >= 0.6 is 0 Å². The lowest BCUT2D eigenvalue weighted by atomic mass is 9.90. The molecule has 3 rings (SSSR count). The molecule has 0 radical (unpaired) electrons. The van der Waals surface area contributed by atoms with Crippen LogP contribution in [0.2, 0.25) is 18.1 Å². The minimum Gasteiger partial charge on any atom is -0.497 e. The standard InChI is InChI=1S/C23H28FNO4Si/c1-5-30(6-2,7-3)29-21-20(16-10-14-19(28-4)15-11-16)25(23(21)27)22(26)17-8-12-18(24)13-9-17/h8-15,20-21H,5-7H2,1-4H3. The minimum atomic E-state index is -2.07. The molecule has 2 amide bonds. The first-order chi connectivity index (χ1) is 14.4. The maximum atomic E-state index is 13.3. The number of imide groups is 1. The normalized spacial score (nSPS) is 18.8. The summed E-state index contributed by atoms with van der Waals surface area (Å²) >= 11 is 0. The van der Waals surface area contributed by atoms with Crippen molar-refractivity contribution in [3.05, 3.63) is 65.5 Å². The van der Waals surface area contributed by atoms with Gasteiger partial charge >= 0.3 is 0 Å². The molecule has 0 spiro atoms. The van der Waals surface area contributed by atoms with E-state index in [1.54, 1.807) is 19.2 Å². The third-order valence-corrected chi connectivity index (χ3v) is 10.7. The average molecular weight is 430 g/mol. The molecular weight excluding hydrogens is 401 g/mol. The first-order valence-electron chi connectivity index (χ1n) is 10.3. The Hall–Kier alpha value is -2.51. The fraction of sp³-hybridized carbons (Fsp3) is 0.391. The average Bonchev–Trinajstić information content (AvgIpc) is 2.79. The lowest BCUT2D eigenvalue weighted by molar-refractivity contribution is -0.158. The second kappa shape index (κ2) is 9.10. The van der Waals surface area contributed by atoms with Gasteiger partial charge in [-0.15, -0.1) is 0 Å². The molecule has 1 fully saturated rings. The number of amides is 2. The highest BCUT2D eigenvalue weighted by Gasteiger charge is 2.54. The summed E-state index contributed by atoms with van der Waals surface area (Å²) in [7, 11) is -0.484. The van der Waals surface area contributed by atoms with Gasteiger partial charge in [0.05, 0.1) is 13.2 Å². The van der Waals surface area contributed by atoms with Crippen molar-refractivity contribution in [2.24, 2.45) is 0 Å². The number of rotatable bonds is 8. The molecule has 2 unspecified atom stereocenters. The molecule has 1 heterocycles. The summed E-state index contributed by atoms with van der Waals surface area (Å²) < 4.78 is 25.0. The minimum absolute atomic E-state index is 0.270. The van der Waals surface area contributed by atoms with E-state index in [0.29, 0.717) is 5.75 Å². The highest BCUT2D eigenvalue weighted by molar-refractivity contribution is 6.73. The number of halogens is 1. The molecular formula is C23H28FNO4Si. The van der Waals surface area contributed by atoms with Crippen molar-refractivity contribution in [3.63, 3.8) is 0 Å². The number of nitrogens with zero attached hydrogens (tertiary/aromatic N) is 1. The second-order valence-electron chi connectivity index (χ2n) is 7.52. The van der Waals surface area contributed by atoms with Gasteiger partial charge in [-0.05, 0) is 60.1 Å². The van der Waals surface area contributed by atoms with Crippen LogP contribution in [0.1, 0.15) is 42.7 Å². The van der Waals surface area contributed by atoms with Crippen LogP contribution in [-0.4, -0.2) is 38.2 Å². The van der Waals surface area contributed by atoms with Gasteiger partial charge in [-0.1, -0.05) is 32.9 Å². The van der Waals surface area contributed by atoms with Crippen LogP contribution in [0.15, 0.2) is 48.5 Å². The van der Waals surface area contributed by atoms with Crippen molar-refractivity contribution >= 4 is 20.1 Å². The topological polar surface area (TPSA) is 55.8 Å². The number of carbonyl (C=O) groups excluding carboxylic acids is 2. The first-order valence-corrected chi connectivity index (χ1v) is 12.9. The number of hydrogen-bond donors (Lipinski definition) is 0. The second-order valence-corrected chi connectivity index (χ2v) is 12.2. The van der Waals surface area contributed by atoms with Crippen LogP contribution in [0, 0.1) is 5.82 Å². The number of hydrogen-bond acceptors (Lipinski definition) is 4. The van der Waals surface area contributed by atoms with Crippen LogP contribution in [0.3, 0.4) is 0 Å². The number of β-lactam (4-membered cyclic amide) rings is 1. The van der Waals surface area contributed by atoms with E-state index in [4.69, 9.17) is 9.16 Å². The van der Waals surface area contributed by atoms with Crippen molar-refractivity contribution in [2.75, 3.05) is 7.11 Å². The van der Waals surface area contributed by atoms with Gasteiger partial charge in [-0.3, -0.25) is 14.5 Å². The van der Waals surface area contributed by atoms with E-state index in [1.807, 2.05) is 12.1 Å². The molecule has 160 valence electrons. The Morgan fingerprint density at radius 3 is 2.07 bits per heavy atom. The molecule has 0 bridgehead atoms. The summed E-state index contributed by atoms with van der Waals surface area (Å²) in [6.45, 7) is 6.31. The van der Waals surface area contributed by atoms with Gasteiger partial charge < -0.3 is 9.16 Å². The summed E-state index contributed by atoms with van der Waals surface area (Å²) in [6.07, 6.45) is -0.686. The first kappa shape index (κ1) is 22.2. The van der Waals surface area contributed by atoms with Crippen LogP contribution < -0.4 is 4.74 Å². The fourth-order valence-electron chi connectivity index (χ4n) is 3.93. The molecule has 30 heavy (non-hydrogen) atoms. The maximum Gasteiger partial charge on any atom is 0.261 e. The maximum absolute atomic E-state index is 13.3. The Balaban J connectivity index is 1.96. The quantitative estimate of drug-likeness (QED) is 0.339. The summed E-state index contributed by atoms with van der Waals surface area (Å²) in [4.78, 5) is 27.4. The number of likely N-dealkylation sites (tertiary alicyclic amines) is 1. The molecule has 7 heteroatoms. The summed E-state index contributed by atoms with van der Waals surface area (Å²) in [5, 5.41) is 0. The lowest BCUT2D eigenvalue weighted by Crippen LogP contribution is -2.64. The number of benzene rings is 2. The lowest BCUT2D eigenvalue weighted by Gasteiger charge is -2.48. The molecule has 0 saturated carbocycles. The van der Waals surface area contributed by atoms with Crippen molar-refractivity contribution in [2.45, 2.75) is 51.0 Å². The Bertz CT molecular complexity index is 888.